The number of aliphatic hydroxyl groups is 1. The molecule has 1 atom stereocenters. The maximum Gasteiger partial charge on any atom is 0.217 e. The van der Waals surface area contributed by atoms with E-state index in [2.05, 4.69) is 4.72 Å². The van der Waals surface area contributed by atoms with Gasteiger partial charge in [-0.15, -0.1) is 0 Å². The fraction of sp³-hybridized carbons (Fsp3) is 0.556. The monoisotopic (exact) mass is 215 g/mol. The van der Waals surface area contributed by atoms with Crippen molar-refractivity contribution in [1.82, 2.24) is 4.72 Å². The van der Waals surface area contributed by atoms with E-state index < -0.39 is 15.7 Å². The zero-order valence-corrected chi connectivity index (χ0v) is 8.50. The van der Waals surface area contributed by atoms with Crippen LogP contribution in [0.25, 0.3) is 0 Å². The minimum Gasteiger partial charge on any atom is -0.371 e. The second kappa shape index (κ2) is 3.18. The molecule has 1 fully saturated rings. The summed E-state index contributed by atoms with van der Waals surface area (Å²) in [5, 5.41) is 9.56. The molecule has 2 aliphatic rings. The molecule has 2 aliphatic carbocycles. The fourth-order valence-electron chi connectivity index (χ4n) is 1.39. The van der Waals surface area contributed by atoms with E-state index in [4.69, 9.17) is 0 Å². The van der Waals surface area contributed by atoms with Crippen LogP contribution in [0, 0.1) is 0 Å². The predicted octanol–water partition coefficient (Wildman–Crippen LogP) is 0.273. The van der Waals surface area contributed by atoms with Gasteiger partial charge < -0.3 is 5.11 Å². The lowest BCUT2D eigenvalue weighted by molar-refractivity contribution is 0.0814. The Morgan fingerprint density at radius 3 is 2.57 bits per heavy atom. The Kier molecular flexibility index (Phi) is 2.25. The lowest BCUT2D eigenvalue weighted by atomic mass is 10.1. The molecule has 0 spiro atoms. The van der Waals surface area contributed by atoms with Crippen molar-refractivity contribution in [3.05, 3.63) is 24.3 Å². The van der Waals surface area contributed by atoms with Crippen LogP contribution >= 0.6 is 0 Å². The summed E-state index contributed by atoms with van der Waals surface area (Å²) >= 11 is 0. The van der Waals surface area contributed by atoms with Gasteiger partial charge in [-0.1, -0.05) is 18.2 Å². The van der Waals surface area contributed by atoms with Crippen molar-refractivity contribution in [3.8, 4) is 0 Å². The Bertz CT molecular complexity index is 381. The molecule has 78 valence electrons. The van der Waals surface area contributed by atoms with E-state index in [0.717, 1.165) is 0 Å². The van der Waals surface area contributed by atoms with Crippen molar-refractivity contribution in [2.45, 2.75) is 30.2 Å². The molecule has 1 saturated carbocycles. The Morgan fingerprint density at radius 1 is 1.36 bits per heavy atom. The molecule has 0 aliphatic heterocycles. The largest absolute Gasteiger partial charge is 0.371 e. The van der Waals surface area contributed by atoms with E-state index in [1.54, 1.807) is 18.2 Å². The molecular formula is C9H13NO3S. The van der Waals surface area contributed by atoms with Gasteiger partial charge in [0.15, 0.2) is 5.72 Å². The van der Waals surface area contributed by atoms with E-state index in [0.29, 0.717) is 12.8 Å². The molecule has 2 rings (SSSR count). The second-order valence-corrected chi connectivity index (χ2v) is 5.72. The summed E-state index contributed by atoms with van der Waals surface area (Å²) in [5.74, 6) is 0. The molecule has 0 aromatic carbocycles. The molecule has 0 amide bonds. The van der Waals surface area contributed by atoms with Gasteiger partial charge in [-0.05, 0) is 18.9 Å². The van der Waals surface area contributed by atoms with Crippen molar-refractivity contribution in [3.63, 3.8) is 0 Å². The highest BCUT2D eigenvalue weighted by Gasteiger charge is 2.40. The topological polar surface area (TPSA) is 66.4 Å². The lowest BCUT2D eigenvalue weighted by Gasteiger charge is -2.25. The Hall–Kier alpha value is -0.650. The zero-order chi connectivity index (χ0) is 10.2. The molecule has 0 saturated heterocycles. The zero-order valence-electron chi connectivity index (χ0n) is 7.68. The molecule has 0 radical (unpaired) electrons. The number of rotatable bonds is 3. The van der Waals surface area contributed by atoms with Gasteiger partial charge in [-0.25, -0.2) is 8.42 Å². The average molecular weight is 215 g/mol. The summed E-state index contributed by atoms with van der Waals surface area (Å²) < 4.78 is 25.4. The lowest BCUT2D eigenvalue weighted by Crippen LogP contribution is -2.48. The van der Waals surface area contributed by atoms with Crippen LogP contribution < -0.4 is 4.72 Å². The molecule has 0 aromatic heterocycles. The molecule has 2 N–H and O–H groups in total. The Morgan fingerprint density at radius 2 is 2.07 bits per heavy atom. The molecule has 4 nitrogen and oxygen atoms in total. The van der Waals surface area contributed by atoms with Crippen molar-refractivity contribution >= 4 is 10.0 Å². The highest BCUT2D eigenvalue weighted by Crippen LogP contribution is 2.29. The van der Waals surface area contributed by atoms with Crippen LogP contribution in [0.5, 0.6) is 0 Å². The van der Waals surface area contributed by atoms with Crippen LogP contribution in [0.4, 0.5) is 0 Å². The summed E-state index contributed by atoms with van der Waals surface area (Å²) in [4.78, 5) is 0. The number of hydrogen-bond donors (Lipinski definition) is 2. The van der Waals surface area contributed by atoms with E-state index in [1.165, 1.54) is 6.08 Å². The van der Waals surface area contributed by atoms with Gasteiger partial charge in [0.2, 0.25) is 10.0 Å². The van der Waals surface area contributed by atoms with Crippen LogP contribution in [0.1, 0.15) is 19.3 Å². The second-order valence-electron chi connectivity index (χ2n) is 3.76. The standard InChI is InChI=1S/C9H13NO3S/c11-9(6-2-1-3-7-9)10-14(12,13)8-4-5-8/h1-3,6,8,10-11H,4-5,7H2. The summed E-state index contributed by atoms with van der Waals surface area (Å²) in [6.45, 7) is 0. The molecule has 0 heterocycles. The van der Waals surface area contributed by atoms with Crippen molar-refractivity contribution in [1.29, 1.82) is 0 Å². The van der Waals surface area contributed by atoms with Crippen LogP contribution in [0.3, 0.4) is 0 Å². The van der Waals surface area contributed by atoms with E-state index in [-0.39, 0.29) is 11.7 Å². The number of hydrogen-bond acceptors (Lipinski definition) is 3. The van der Waals surface area contributed by atoms with Gasteiger partial charge in [0.25, 0.3) is 0 Å². The van der Waals surface area contributed by atoms with Crippen LogP contribution in [0.2, 0.25) is 0 Å². The number of nitrogens with one attached hydrogen (secondary N) is 1. The maximum absolute atomic E-state index is 11.5. The first-order valence-electron chi connectivity index (χ1n) is 4.61. The molecule has 5 heteroatoms. The number of sulfonamides is 1. The highest BCUT2D eigenvalue weighted by atomic mass is 32.2. The first-order valence-corrected chi connectivity index (χ1v) is 6.16. The predicted molar refractivity (Wildman–Crippen MR) is 52.9 cm³/mol. The van der Waals surface area contributed by atoms with Gasteiger partial charge in [0.1, 0.15) is 0 Å². The third-order valence-corrected chi connectivity index (χ3v) is 4.32. The van der Waals surface area contributed by atoms with Crippen LogP contribution in [-0.2, 0) is 10.0 Å². The van der Waals surface area contributed by atoms with E-state index in [1.807, 2.05) is 0 Å². The Labute approximate surface area is 83.4 Å². The highest BCUT2D eigenvalue weighted by molar-refractivity contribution is 7.90. The normalized spacial score (nSPS) is 32.1. The smallest absolute Gasteiger partial charge is 0.217 e. The number of allylic oxidation sites excluding steroid dienone is 2. The van der Waals surface area contributed by atoms with Crippen LogP contribution in [-0.4, -0.2) is 24.5 Å². The average Bonchev–Trinajstić information content (AvgIpc) is 2.84. The van der Waals surface area contributed by atoms with Gasteiger partial charge in [0, 0.05) is 6.42 Å². The Balaban J connectivity index is 2.09. The molecule has 0 bridgehead atoms. The van der Waals surface area contributed by atoms with E-state index in [9.17, 15) is 13.5 Å². The quantitative estimate of drug-likeness (QED) is 0.664. The third kappa shape index (κ3) is 2.05. The minimum absolute atomic E-state index is 0.287. The van der Waals surface area contributed by atoms with Gasteiger partial charge in [0.05, 0.1) is 5.25 Å². The summed E-state index contributed by atoms with van der Waals surface area (Å²) in [6, 6.07) is 0. The summed E-state index contributed by atoms with van der Waals surface area (Å²) in [6.07, 6.45) is 8.30. The van der Waals surface area contributed by atoms with Crippen LogP contribution in [0.15, 0.2) is 24.3 Å². The van der Waals surface area contributed by atoms with Crippen molar-refractivity contribution in [2.75, 3.05) is 0 Å². The molecular weight excluding hydrogens is 202 g/mol. The maximum atomic E-state index is 11.5. The van der Waals surface area contributed by atoms with Gasteiger partial charge in [-0.2, -0.15) is 4.72 Å². The van der Waals surface area contributed by atoms with Gasteiger partial charge in [-0.3, -0.25) is 0 Å². The van der Waals surface area contributed by atoms with E-state index >= 15 is 0 Å². The minimum atomic E-state index is -3.33. The first-order chi connectivity index (χ1) is 6.52. The summed E-state index contributed by atoms with van der Waals surface area (Å²) in [7, 11) is -3.33. The molecule has 1 unspecified atom stereocenters. The third-order valence-electron chi connectivity index (χ3n) is 2.33. The summed E-state index contributed by atoms with van der Waals surface area (Å²) in [5.41, 5.74) is -1.42. The van der Waals surface area contributed by atoms with Crippen molar-refractivity contribution in [2.24, 2.45) is 0 Å². The van der Waals surface area contributed by atoms with Gasteiger partial charge >= 0.3 is 0 Å². The fourth-order valence-corrected chi connectivity index (χ4v) is 2.96. The first kappa shape index (κ1) is 9.89. The molecule has 14 heavy (non-hydrogen) atoms. The SMILES string of the molecule is O=S(=O)(NC1(O)C=CC=CC1)C1CC1. The molecule has 0 aromatic rings. The van der Waals surface area contributed by atoms with Crippen molar-refractivity contribution < 1.29 is 13.5 Å².